The van der Waals surface area contributed by atoms with Crippen molar-refractivity contribution >= 4 is 49.0 Å². The van der Waals surface area contributed by atoms with Crippen LogP contribution >= 0.6 is 11.3 Å². The predicted molar refractivity (Wildman–Crippen MR) is 113 cm³/mol. The van der Waals surface area contributed by atoms with Crippen molar-refractivity contribution in [1.82, 2.24) is 4.31 Å². The Balaban J connectivity index is 1.84. The van der Waals surface area contributed by atoms with Gasteiger partial charge in [-0.05, 0) is 54.8 Å². The van der Waals surface area contributed by atoms with Crippen molar-refractivity contribution < 1.29 is 22.7 Å². The molecule has 0 bridgehead atoms. The van der Waals surface area contributed by atoms with Crippen LogP contribution < -0.4 is 5.32 Å². The van der Waals surface area contributed by atoms with Gasteiger partial charge in [0.25, 0.3) is 5.91 Å². The molecule has 29 heavy (non-hydrogen) atoms. The second kappa shape index (κ2) is 8.32. The lowest BCUT2D eigenvalue weighted by Gasteiger charge is -2.12. The highest BCUT2D eigenvalue weighted by molar-refractivity contribution is 7.89. The summed E-state index contributed by atoms with van der Waals surface area (Å²) < 4.78 is 31.5. The summed E-state index contributed by atoms with van der Waals surface area (Å²) in [6.45, 7) is 2.05. The molecule has 0 aliphatic heterocycles. The molecule has 1 amide bonds. The van der Waals surface area contributed by atoms with E-state index in [9.17, 15) is 18.0 Å². The van der Waals surface area contributed by atoms with Gasteiger partial charge < -0.3 is 10.1 Å². The maximum absolute atomic E-state index is 12.6. The van der Waals surface area contributed by atoms with E-state index >= 15 is 0 Å². The van der Waals surface area contributed by atoms with Crippen molar-refractivity contribution in [3.63, 3.8) is 0 Å². The summed E-state index contributed by atoms with van der Waals surface area (Å²) in [5.41, 5.74) is 0.766. The van der Waals surface area contributed by atoms with Crippen LogP contribution in [0.25, 0.3) is 10.1 Å². The molecule has 0 unspecified atom stereocenters. The van der Waals surface area contributed by atoms with Gasteiger partial charge in [0.15, 0.2) is 0 Å². The smallest absolute Gasteiger partial charge is 0.348 e. The SMILES string of the molecule is CCOC(=O)c1cc2cc(NC(=O)c3cccc(S(=O)(=O)N(C)C)c3)ccc2s1. The van der Waals surface area contributed by atoms with E-state index in [0.29, 0.717) is 17.2 Å². The fourth-order valence-corrected chi connectivity index (χ4v) is 4.52. The minimum Gasteiger partial charge on any atom is -0.462 e. The zero-order valence-corrected chi connectivity index (χ0v) is 17.8. The van der Waals surface area contributed by atoms with Crippen LogP contribution in [0.3, 0.4) is 0 Å². The number of amides is 1. The molecular weight excluding hydrogens is 412 g/mol. The summed E-state index contributed by atoms with van der Waals surface area (Å²) >= 11 is 1.32. The number of anilines is 1. The monoisotopic (exact) mass is 432 g/mol. The number of rotatable bonds is 6. The van der Waals surface area contributed by atoms with E-state index in [1.165, 1.54) is 43.6 Å². The molecule has 1 N–H and O–H groups in total. The van der Waals surface area contributed by atoms with Crippen LogP contribution in [-0.4, -0.2) is 45.3 Å². The number of benzene rings is 2. The Morgan fingerprint density at radius 3 is 2.55 bits per heavy atom. The summed E-state index contributed by atoms with van der Waals surface area (Å²) in [5.74, 6) is -0.806. The van der Waals surface area contributed by atoms with E-state index in [2.05, 4.69) is 5.32 Å². The first-order valence-corrected chi connectivity index (χ1v) is 11.0. The third-order valence-corrected chi connectivity index (χ3v) is 7.03. The lowest BCUT2D eigenvalue weighted by atomic mass is 10.2. The number of hydrogen-bond acceptors (Lipinski definition) is 6. The van der Waals surface area contributed by atoms with Gasteiger partial charge in [-0.15, -0.1) is 11.3 Å². The summed E-state index contributed by atoms with van der Waals surface area (Å²) in [4.78, 5) is 25.0. The van der Waals surface area contributed by atoms with Crippen LogP contribution in [0.1, 0.15) is 27.0 Å². The van der Waals surface area contributed by atoms with Gasteiger partial charge in [0.05, 0.1) is 11.5 Å². The van der Waals surface area contributed by atoms with E-state index in [1.807, 2.05) is 6.07 Å². The maximum atomic E-state index is 12.6. The summed E-state index contributed by atoms with van der Waals surface area (Å²) in [6, 6.07) is 12.9. The number of nitrogens with zero attached hydrogens (tertiary/aromatic N) is 1. The average Bonchev–Trinajstić information content (AvgIpc) is 3.11. The zero-order valence-electron chi connectivity index (χ0n) is 16.1. The summed E-state index contributed by atoms with van der Waals surface area (Å²) in [5, 5.41) is 3.57. The quantitative estimate of drug-likeness (QED) is 0.601. The van der Waals surface area contributed by atoms with Crippen molar-refractivity contribution in [2.45, 2.75) is 11.8 Å². The minimum absolute atomic E-state index is 0.0440. The standard InChI is InChI=1S/C20H20N2O5S2/c1-4-27-20(24)18-12-14-10-15(8-9-17(14)28-18)21-19(23)13-6-5-7-16(11-13)29(25,26)22(2)3/h5-12H,4H2,1-3H3,(H,21,23). The third kappa shape index (κ3) is 4.47. The van der Waals surface area contributed by atoms with Crippen molar-refractivity contribution in [2.24, 2.45) is 0 Å². The first-order valence-electron chi connectivity index (χ1n) is 8.77. The Morgan fingerprint density at radius 1 is 1.10 bits per heavy atom. The molecule has 3 aromatic rings. The first-order chi connectivity index (χ1) is 13.7. The highest BCUT2D eigenvalue weighted by atomic mass is 32.2. The van der Waals surface area contributed by atoms with E-state index in [1.54, 1.807) is 31.2 Å². The number of ether oxygens (including phenoxy) is 1. The zero-order chi connectivity index (χ0) is 21.2. The average molecular weight is 433 g/mol. The fourth-order valence-electron chi connectivity index (χ4n) is 2.64. The topological polar surface area (TPSA) is 92.8 Å². The van der Waals surface area contributed by atoms with Gasteiger partial charge in [0.1, 0.15) is 4.88 Å². The molecule has 0 aliphatic rings. The van der Waals surface area contributed by atoms with Crippen LogP contribution in [0.5, 0.6) is 0 Å². The number of carbonyl (C=O) groups excluding carboxylic acids is 2. The largest absolute Gasteiger partial charge is 0.462 e. The minimum atomic E-state index is -3.63. The number of sulfonamides is 1. The van der Waals surface area contributed by atoms with Crippen LogP contribution in [0.15, 0.2) is 53.4 Å². The highest BCUT2D eigenvalue weighted by Gasteiger charge is 2.19. The molecule has 2 aromatic carbocycles. The Labute approximate surface area is 173 Å². The van der Waals surface area contributed by atoms with Gasteiger partial charge in [0, 0.05) is 30.0 Å². The predicted octanol–water partition coefficient (Wildman–Crippen LogP) is 3.58. The Kier molecular flexibility index (Phi) is 6.02. The van der Waals surface area contributed by atoms with Crippen molar-refractivity contribution in [1.29, 1.82) is 0 Å². The van der Waals surface area contributed by atoms with E-state index in [0.717, 1.165) is 14.4 Å². The molecule has 0 spiro atoms. The lowest BCUT2D eigenvalue weighted by Crippen LogP contribution is -2.22. The van der Waals surface area contributed by atoms with Gasteiger partial charge in [-0.1, -0.05) is 6.07 Å². The van der Waals surface area contributed by atoms with E-state index in [-0.39, 0.29) is 16.4 Å². The molecule has 3 rings (SSSR count). The number of thiophene rings is 1. The van der Waals surface area contributed by atoms with Crippen LogP contribution in [0.2, 0.25) is 0 Å². The molecule has 9 heteroatoms. The van der Waals surface area contributed by atoms with Gasteiger partial charge >= 0.3 is 5.97 Å². The Hall–Kier alpha value is -2.75. The molecule has 0 radical (unpaired) electrons. The number of hydrogen-bond donors (Lipinski definition) is 1. The van der Waals surface area contributed by atoms with Gasteiger partial charge in [-0.2, -0.15) is 0 Å². The lowest BCUT2D eigenvalue weighted by molar-refractivity contribution is 0.0532. The molecule has 152 valence electrons. The number of carbonyl (C=O) groups is 2. The molecule has 7 nitrogen and oxygen atoms in total. The highest BCUT2D eigenvalue weighted by Crippen LogP contribution is 2.29. The first kappa shape index (κ1) is 21.0. The molecular formula is C20H20N2O5S2. The summed E-state index contributed by atoms with van der Waals surface area (Å²) in [6.07, 6.45) is 0. The number of fused-ring (bicyclic) bond motifs is 1. The second-order valence-corrected chi connectivity index (χ2v) is 9.59. The Bertz CT molecular complexity index is 1180. The summed E-state index contributed by atoms with van der Waals surface area (Å²) in [7, 11) is -0.767. The van der Waals surface area contributed by atoms with Gasteiger partial charge in [-0.3, -0.25) is 4.79 Å². The molecule has 0 saturated heterocycles. The maximum Gasteiger partial charge on any atom is 0.348 e. The van der Waals surface area contributed by atoms with Crippen LogP contribution in [0.4, 0.5) is 5.69 Å². The molecule has 0 fully saturated rings. The second-order valence-electron chi connectivity index (χ2n) is 6.35. The molecule has 1 heterocycles. The van der Waals surface area contributed by atoms with E-state index < -0.39 is 15.9 Å². The molecule has 0 atom stereocenters. The Morgan fingerprint density at radius 2 is 1.86 bits per heavy atom. The number of nitrogens with one attached hydrogen (secondary N) is 1. The fraction of sp³-hybridized carbons (Fsp3) is 0.200. The van der Waals surface area contributed by atoms with Gasteiger partial charge in [0.2, 0.25) is 10.0 Å². The van der Waals surface area contributed by atoms with Crippen molar-refractivity contribution in [3.8, 4) is 0 Å². The van der Waals surface area contributed by atoms with Crippen molar-refractivity contribution in [2.75, 3.05) is 26.0 Å². The van der Waals surface area contributed by atoms with Crippen LogP contribution in [0, 0.1) is 0 Å². The van der Waals surface area contributed by atoms with Crippen LogP contribution in [-0.2, 0) is 14.8 Å². The molecule has 1 aromatic heterocycles. The normalized spacial score (nSPS) is 11.6. The van der Waals surface area contributed by atoms with Crippen molar-refractivity contribution in [3.05, 3.63) is 59.0 Å². The van der Waals surface area contributed by atoms with E-state index in [4.69, 9.17) is 4.74 Å². The molecule has 0 aliphatic carbocycles. The van der Waals surface area contributed by atoms with Gasteiger partial charge in [-0.25, -0.2) is 17.5 Å². The molecule has 0 saturated carbocycles. The number of esters is 1. The third-order valence-electron chi connectivity index (χ3n) is 4.13.